The quantitative estimate of drug-likeness (QED) is 0.864. The minimum Gasteiger partial charge on any atom is -0.308 e. The largest absolute Gasteiger partial charge is 0.323 e. The Bertz CT molecular complexity index is 855. The van der Waals surface area contributed by atoms with Crippen LogP contribution in [-0.4, -0.2) is 32.8 Å². The van der Waals surface area contributed by atoms with Crippen molar-refractivity contribution >= 4 is 39.0 Å². The van der Waals surface area contributed by atoms with E-state index in [0.29, 0.717) is 11.4 Å². The number of urea groups is 1. The summed E-state index contributed by atoms with van der Waals surface area (Å²) in [6, 6.07) is 8.93. The second kappa shape index (κ2) is 7.16. The van der Waals surface area contributed by atoms with Gasteiger partial charge in [-0.05, 0) is 42.5 Å². The predicted molar refractivity (Wildman–Crippen MR) is 91.4 cm³/mol. The van der Waals surface area contributed by atoms with E-state index in [1.54, 1.807) is 0 Å². The predicted octanol–water partition coefficient (Wildman–Crippen LogP) is 3.37. The summed E-state index contributed by atoms with van der Waals surface area (Å²) in [5, 5.41) is 4.93. The molecular formula is C15H15ClFN3O3S. The van der Waals surface area contributed by atoms with Gasteiger partial charge in [-0.1, -0.05) is 11.6 Å². The number of sulfonamides is 1. The lowest BCUT2D eigenvalue weighted by atomic mass is 10.3. The summed E-state index contributed by atoms with van der Waals surface area (Å²) < 4.78 is 38.1. The molecule has 0 saturated heterocycles. The lowest BCUT2D eigenvalue weighted by Crippen LogP contribution is -2.22. The zero-order chi connectivity index (χ0) is 17.9. The summed E-state index contributed by atoms with van der Waals surface area (Å²) in [5.41, 5.74) is 0.726. The molecule has 0 heterocycles. The summed E-state index contributed by atoms with van der Waals surface area (Å²) in [7, 11) is -0.658. The normalized spacial score (nSPS) is 11.4. The number of nitrogens with one attached hydrogen (secondary N) is 2. The molecule has 9 heteroatoms. The van der Waals surface area contributed by atoms with Crippen LogP contribution in [0.2, 0.25) is 5.02 Å². The highest BCUT2D eigenvalue weighted by Gasteiger charge is 2.16. The van der Waals surface area contributed by atoms with E-state index in [9.17, 15) is 17.6 Å². The number of carbonyl (C=O) groups is 1. The van der Waals surface area contributed by atoms with Crippen LogP contribution >= 0.6 is 11.6 Å². The fraction of sp³-hybridized carbons (Fsp3) is 0.133. The van der Waals surface area contributed by atoms with Gasteiger partial charge < -0.3 is 10.6 Å². The summed E-state index contributed by atoms with van der Waals surface area (Å²) in [6.45, 7) is 0. The van der Waals surface area contributed by atoms with Crippen LogP contribution in [0.15, 0.2) is 47.4 Å². The van der Waals surface area contributed by atoms with Crippen molar-refractivity contribution in [2.75, 3.05) is 24.7 Å². The number of hydrogen-bond donors (Lipinski definition) is 2. The van der Waals surface area contributed by atoms with E-state index in [1.807, 2.05) is 0 Å². The number of hydrogen-bond acceptors (Lipinski definition) is 3. The van der Waals surface area contributed by atoms with Gasteiger partial charge in [-0.15, -0.1) is 0 Å². The van der Waals surface area contributed by atoms with E-state index in [0.717, 1.165) is 10.4 Å². The van der Waals surface area contributed by atoms with E-state index < -0.39 is 21.9 Å². The number of anilines is 2. The second-order valence-corrected chi connectivity index (χ2v) is 7.58. The molecule has 0 fully saturated rings. The summed E-state index contributed by atoms with van der Waals surface area (Å²) in [5.74, 6) is -0.583. The molecule has 2 N–H and O–H groups in total. The van der Waals surface area contributed by atoms with Crippen LogP contribution in [0.25, 0.3) is 0 Å². The van der Waals surface area contributed by atoms with Crippen molar-refractivity contribution in [2.24, 2.45) is 0 Å². The Morgan fingerprint density at radius 1 is 1.04 bits per heavy atom. The molecule has 2 aromatic rings. The first-order chi connectivity index (χ1) is 11.2. The molecule has 0 radical (unpaired) electrons. The van der Waals surface area contributed by atoms with Gasteiger partial charge in [0.1, 0.15) is 5.82 Å². The SMILES string of the molecule is CN(C)S(=O)(=O)c1ccc(NC(=O)Nc2ccc(F)c(Cl)c2)cc1. The first kappa shape index (κ1) is 18.2. The number of halogens is 2. The van der Waals surface area contributed by atoms with Gasteiger partial charge in [0.25, 0.3) is 0 Å². The Balaban J connectivity index is 2.05. The van der Waals surface area contributed by atoms with Crippen LogP contribution in [0.1, 0.15) is 0 Å². The zero-order valence-electron chi connectivity index (χ0n) is 12.9. The van der Waals surface area contributed by atoms with Gasteiger partial charge in [-0.2, -0.15) is 0 Å². The van der Waals surface area contributed by atoms with Crippen LogP contribution in [0.3, 0.4) is 0 Å². The molecule has 128 valence electrons. The number of amides is 2. The highest BCUT2D eigenvalue weighted by atomic mass is 35.5. The summed E-state index contributed by atoms with van der Waals surface area (Å²) in [6.07, 6.45) is 0. The van der Waals surface area contributed by atoms with Gasteiger partial charge in [-0.3, -0.25) is 0 Å². The van der Waals surface area contributed by atoms with Gasteiger partial charge in [0.15, 0.2) is 0 Å². The van der Waals surface area contributed by atoms with Gasteiger partial charge in [0, 0.05) is 25.5 Å². The second-order valence-electron chi connectivity index (χ2n) is 5.02. The van der Waals surface area contributed by atoms with Crippen LogP contribution in [-0.2, 0) is 10.0 Å². The van der Waals surface area contributed by atoms with E-state index in [2.05, 4.69) is 10.6 Å². The van der Waals surface area contributed by atoms with Crippen LogP contribution in [0.5, 0.6) is 0 Å². The monoisotopic (exact) mass is 371 g/mol. The Kier molecular flexibility index (Phi) is 5.43. The van der Waals surface area contributed by atoms with Crippen LogP contribution < -0.4 is 10.6 Å². The highest BCUT2D eigenvalue weighted by molar-refractivity contribution is 7.89. The molecule has 0 spiro atoms. The van der Waals surface area contributed by atoms with E-state index >= 15 is 0 Å². The molecule has 0 aromatic heterocycles. The standard InChI is InChI=1S/C15H15ClFN3O3S/c1-20(2)24(22,23)12-6-3-10(4-7-12)18-15(21)19-11-5-8-14(17)13(16)9-11/h3-9H,1-2H3,(H2,18,19,21). The minimum atomic E-state index is -3.52. The summed E-state index contributed by atoms with van der Waals surface area (Å²) >= 11 is 5.64. The molecule has 0 aliphatic heterocycles. The van der Waals surface area contributed by atoms with E-state index in [4.69, 9.17) is 11.6 Å². The van der Waals surface area contributed by atoms with Crippen molar-refractivity contribution in [1.29, 1.82) is 0 Å². The Morgan fingerprint density at radius 2 is 1.58 bits per heavy atom. The van der Waals surface area contributed by atoms with E-state index in [1.165, 1.54) is 50.5 Å². The molecule has 0 saturated carbocycles. The molecule has 24 heavy (non-hydrogen) atoms. The average molecular weight is 372 g/mol. The molecule has 0 bridgehead atoms. The fourth-order valence-electron chi connectivity index (χ4n) is 1.79. The van der Waals surface area contributed by atoms with Gasteiger partial charge in [0.05, 0.1) is 9.92 Å². The van der Waals surface area contributed by atoms with Crippen molar-refractivity contribution in [1.82, 2.24) is 4.31 Å². The molecule has 0 aliphatic rings. The molecule has 6 nitrogen and oxygen atoms in total. The van der Waals surface area contributed by atoms with Gasteiger partial charge in [-0.25, -0.2) is 21.9 Å². The zero-order valence-corrected chi connectivity index (χ0v) is 14.5. The Labute approximate surface area is 144 Å². The first-order valence-electron chi connectivity index (χ1n) is 6.76. The molecule has 2 rings (SSSR count). The van der Waals surface area contributed by atoms with Gasteiger partial charge in [0.2, 0.25) is 10.0 Å². The smallest absolute Gasteiger partial charge is 0.308 e. The lowest BCUT2D eigenvalue weighted by molar-refractivity contribution is 0.262. The average Bonchev–Trinajstić information content (AvgIpc) is 2.51. The van der Waals surface area contributed by atoms with Crippen molar-refractivity contribution in [2.45, 2.75) is 4.90 Å². The molecule has 2 amide bonds. The highest BCUT2D eigenvalue weighted by Crippen LogP contribution is 2.20. The maximum Gasteiger partial charge on any atom is 0.323 e. The third kappa shape index (κ3) is 4.22. The molecule has 0 unspecified atom stereocenters. The van der Waals surface area contributed by atoms with Crippen molar-refractivity contribution < 1.29 is 17.6 Å². The van der Waals surface area contributed by atoms with Crippen molar-refractivity contribution in [3.63, 3.8) is 0 Å². The molecule has 0 atom stereocenters. The third-order valence-electron chi connectivity index (χ3n) is 3.07. The number of nitrogens with zero attached hydrogens (tertiary/aromatic N) is 1. The maximum atomic E-state index is 13.1. The Morgan fingerprint density at radius 3 is 2.12 bits per heavy atom. The van der Waals surface area contributed by atoms with Crippen LogP contribution in [0.4, 0.5) is 20.6 Å². The number of rotatable bonds is 4. The van der Waals surface area contributed by atoms with E-state index in [-0.39, 0.29) is 9.92 Å². The summed E-state index contributed by atoms with van der Waals surface area (Å²) in [4.78, 5) is 12.0. The fourth-order valence-corrected chi connectivity index (χ4v) is 2.87. The maximum absolute atomic E-state index is 13.1. The first-order valence-corrected chi connectivity index (χ1v) is 8.57. The van der Waals surface area contributed by atoms with Crippen LogP contribution in [0, 0.1) is 5.82 Å². The molecule has 2 aromatic carbocycles. The lowest BCUT2D eigenvalue weighted by Gasteiger charge is -2.12. The third-order valence-corrected chi connectivity index (χ3v) is 5.19. The topological polar surface area (TPSA) is 78.5 Å². The Hall–Kier alpha value is -2.16. The van der Waals surface area contributed by atoms with Crippen molar-refractivity contribution in [3.05, 3.63) is 53.3 Å². The molecule has 0 aliphatic carbocycles. The van der Waals surface area contributed by atoms with Crippen molar-refractivity contribution in [3.8, 4) is 0 Å². The molecular weight excluding hydrogens is 357 g/mol. The number of carbonyl (C=O) groups excluding carboxylic acids is 1. The van der Waals surface area contributed by atoms with Gasteiger partial charge >= 0.3 is 6.03 Å². The number of benzene rings is 2. The minimum absolute atomic E-state index is 0.106.